The highest BCUT2D eigenvalue weighted by Crippen LogP contribution is 2.46. The summed E-state index contributed by atoms with van der Waals surface area (Å²) >= 11 is 0. The lowest BCUT2D eigenvalue weighted by Gasteiger charge is -2.37. The van der Waals surface area contributed by atoms with E-state index in [0.717, 1.165) is 0 Å². The molecule has 35 heavy (non-hydrogen) atoms. The van der Waals surface area contributed by atoms with Crippen molar-refractivity contribution in [3.63, 3.8) is 0 Å². The summed E-state index contributed by atoms with van der Waals surface area (Å²) in [6.45, 7) is -0.554. The van der Waals surface area contributed by atoms with Crippen LogP contribution < -0.4 is 5.73 Å². The van der Waals surface area contributed by atoms with E-state index in [1.54, 1.807) is 24.3 Å². The van der Waals surface area contributed by atoms with Crippen molar-refractivity contribution in [2.24, 2.45) is 0 Å². The van der Waals surface area contributed by atoms with Gasteiger partial charge in [-0.15, -0.1) is 0 Å². The number of ether oxygens (including phenoxy) is 1. The lowest BCUT2D eigenvalue weighted by atomic mass is 9.82. The van der Waals surface area contributed by atoms with Gasteiger partial charge >= 0.3 is 0 Å². The first-order valence-electron chi connectivity index (χ1n) is 10.9. The molecule has 5 N–H and O–H groups in total. The molecule has 2 aromatic heterocycles. The summed E-state index contributed by atoms with van der Waals surface area (Å²) in [7, 11) is 0. The van der Waals surface area contributed by atoms with Crippen LogP contribution in [0.5, 0.6) is 0 Å². The van der Waals surface area contributed by atoms with Gasteiger partial charge in [0.2, 0.25) is 0 Å². The number of nitrogens with two attached hydrogens (primary N) is 1. The zero-order chi connectivity index (χ0) is 24.7. The molecule has 11 heteroatoms. The van der Waals surface area contributed by atoms with Crippen LogP contribution in [0, 0.1) is 11.6 Å². The second-order valence-corrected chi connectivity index (χ2v) is 8.52. The maximum atomic E-state index is 13.7. The molecule has 1 aliphatic rings. The molecule has 0 aliphatic carbocycles. The maximum absolute atomic E-state index is 13.7. The molecule has 182 valence electrons. The molecule has 4 atom stereocenters. The monoisotopic (exact) mass is 483 g/mol. The third kappa shape index (κ3) is 3.92. The smallest absolute Gasteiger partial charge is 0.177 e. The van der Waals surface area contributed by atoms with E-state index in [9.17, 15) is 24.1 Å². The largest absolute Gasteiger partial charge is 0.394 e. The van der Waals surface area contributed by atoms with Crippen molar-refractivity contribution in [3.05, 3.63) is 83.9 Å². The summed E-state index contributed by atoms with van der Waals surface area (Å²) in [5.74, 6) is -1.29. The number of nitrogen functional groups attached to an aromatic ring is 1. The molecule has 0 spiro atoms. The number of aromatic nitrogens is 4. The maximum Gasteiger partial charge on any atom is 0.177 e. The Hall–Kier alpha value is -3.51. The molecule has 4 aromatic rings. The predicted molar refractivity (Wildman–Crippen MR) is 121 cm³/mol. The molecule has 2 aromatic carbocycles. The van der Waals surface area contributed by atoms with E-state index >= 15 is 0 Å². The Morgan fingerprint density at radius 1 is 0.971 bits per heavy atom. The van der Waals surface area contributed by atoms with Gasteiger partial charge in [-0.1, -0.05) is 24.3 Å². The average Bonchev–Trinajstić information content (AvgIpc) is 3.40. The minimum atomic E-state index is -1.67. The fourth-order valence-electron chi connectivity index (χ4n) is 4.72. The number of rotatable bonds is 6. The van der Waals surface area contributed by atoms with Gasteiger partial charge in [0.05, 0.1) is 12.9 Å². The standard InChI is InChI=1S/C24H23F2N5O4/c25-15-5-1-13(2-6-15)17(14-3-7-16(26)8-4-14)9-24(21(34)20(33)18(10-32)35-24)31-12-30-19-22(27)28-11-29-23(19)31/h1-8,11-12,17-18,20-21,32-34H,9-10H2,(H2,27,28,29)/t18-,20-,21-,24-/m1/s1. The van der Waals surface area contributed by atoms with E-state index in [4.69, 9.17) is 10.5 Å². The van der Waals surface area contributed by atoms with Crippen LogP contribution in [-0.4, -0.2) is 59.8 Å². The van der Waals surface area contributed by atoms with Crippen LogP contribution in [0.2, 0.25) is 0 Å². The number of halogens is 2. The number of hydrogen-bond acceptors (Lipinski definition) is 8. The molecule has 3 heterocycles. The van der Waals surface area contributed by atoms with Crippen molar-refractivity contribution >= 4 is 17.0 Å². The second kappa shape index (κ2) is 8.93. The lowest BCUT2D eigenvalue weighted by Crippen LogP contribution is -2.46. The van der Waals surface area contributed by atoms with E-state index in [1.807, 2.05) is 0 Å². The number of imidazole rings is 1. The number of aliphatic hydroxyl groups is 3. The first-order valence-corrected chi connectivity index (χ1v) is 10.9. The number of anilines is 1. The quantitative estimate of drug-likeness (QED) is 0.325. The normalized spacial score (nSPS) is 24.5. The first kappa shape index (κ1) is 23.2. The lowest BCUT2D eigenvalue weighted by molar-refractivity contribution is -0.152. The Bertz CT molecular complexity index is 1290. The van der Waals surface area contributed by atoms with Crippen molar-refractivity contribution in [1.82, 2.24) is 19.5 Å². The van der Waals surface area contributed by atoms with Crippen LogP contribution in [0.4, 0.5) is 14.6 Å². The highest BCUT2D eigenvalue weighted by Gasteiger charge is 2.57. The van der Waals surface area contributed by atoms with Gasteiger partial charge in [-0.25, -0.2) is 23.7 Å². The molecule has 9 nitrogen and oxygen atoms in total. The zero-order valence-corrected chi connectivity index (χ0v) is 18.4. The summed E-state index contributed by atoms with van der Waals surface area (Å²) in [6.07, 6.45) is -1.45. The van der Waals surface area contributed by atoms with E-state index in [0.29, 0.717) is 11.1 Å². The third-order valence-electron chi connectivity index (χ3n) is 6.51. The number of hydrogen-bond donors (Lipinski definition) is 4. The molecule has 5 rings (SSSR count). The third-order valence-corrected chi connectivity index (χ3v) is 6.51. The molecule has 0 saturated carbocycles. The van der Waals surface area contributed by atoms with Crippen molar-refractivity contribution in [2.75, 3.05) is 12.3 Å². The summed E-state index contributed by atoms with van der Waals surface area (Å²) in [5.41, 5.74) is 6.12. The molecule has 0 amide bonds. The van der Waals surface area contributed by atoms with Gasteiger partial charge in [-0.05, 0) is 35.4 Å². The Labute approximate surface area is 198 Å². The molecule has 0 radical (unpaired) electrons. The fourth-order valence-corrected chi connectivity index (χ4v) is 4.72. The second-order valence-electron chi connectivity index (χ2n) is 8.52. The zero-order valence-electron chi connectivity index (χ0n) is 18.4. The molecular weight excluding hydrogens is 460 g/mol. The van der Waals surface area contributed by atoms with E-state index in [1.165, 1.54) is 41.5 Å². The van der Waals surface area contributed by atoms with Crippen LogP contribution >= 0.6 is 0 Å². The van der Waals surface area contributed by atoms with Gasteiger partial charge in [0.15, 0.2) is 17.2 Å². The summed E-state index contributed by atoms with van der Waals surface area (Å²) in [4.78, 5) is 12.5. The van der Waals surface area contributed by atoms with Crippen LogP contribution in [0.25, 0.3) is 11.2 Å². The van der Waals surface area contributed by atoms with Crippen molar-refractivity contribution < 1.29 is 28.8 Å². The predicted octanol–water partition coefficient (Wildman–Crippen LogP) is 1.67. The minimum Gasteiger partial charge on any atom is -0.394 e. The van der Waals surface area contributed by atoms with Crippen molar-refractivity contribution in [3.8, 4) is 0 Å². The van der Waals surface area contributed by atoms with Gasteiger partial charge in [0, 0.05) is 12.3 Å². The molecule has 0 bridgehead atoms. The summed E-state index contributed by atoms with van der Waals surface area (Å²) in [6, 6.07) is 11.6. The molecule has 1 aliphatic heterocycles. The fraction of sp³-hybridized carbons (Fsp3) is 0.292. The van der Waals surface area contributed by atoms with E-state index in [-0.39, 0.29) is 23.4 Å². The summed E-state index contributed by atoms with van der Waals surface area (Å²) < 4.78 is 35.1. The average molecular weight is 483 g/mol. The van der Waals surface area contributed by atoms with Crippen LogP contribution in [0.1, 0.15) is 23.5 Å². The van der Waals surface area contributed by atoms with E-state index < -0.39 is 48.2 Å². The Morgan fingerprint density at radius 3 is 2.11 bits per heavy atom. The Balaban J connectivity index is 1.70. The van der Waals surface area contributed by atoms with Crippen LogP contribution in [0.15, 0.2) is 61.2 Å². The van der Waals surface area contributed by atoms with Crippen LogP contribution in [-0.2, 0) is 10.5 Å². The van der Waals surface area contributed by atoms with Crippen molar-refractivity contribution in [1.29, 1.82) is 0 Å². The minimum absolute atomic E-state index is 0.00560. The van der Waals surface area contributed by atoms with Crippen LogP contribution in [0.3, 0.4) is 0 Å². The highest BCUT2D eigenvalue weighted by molar-refractivity contribution is 5.81. The van der Waals surface area contributed by atoms with Gasteiger partial charge in [0.25, 0.3) is 0 Å². The Kier molecular flexibility index (Phi) is 5.93. The van der Waals surface area contributed by atoms with Crippen molar-refractivity contribution in [2.45, 2.75) is 36.4 Å². The number of benzene rings is 2. The SMILES string of the molecule is Nc1ncnc2c1ncn2[C@]1(CC(c2ccc(F)cc2)c2ccc(F)cc2)O[C@H](CO)[C@@H](O)[C@H]1O. The molecule has 1 saturated heterocycles. The number of fused-ring (bicyclic) bond motifs is 1. The molecule has 0 unspecified atom stereocenters. The first-order chi connectivity index (χ1) is 16.8. The number of nitrogens with zero attached hydrogens (tertiary/aromatic N) is 4. The van der Waals surface area contributed by atoms with E-state index in [2.05, 4.69) is 15.0 Å². The number of aliphatic hydroxyl groups excluding tert-OH is 3. The van der Waals surface area contributed by atoms with Gasteiger partial charge < -0.3 is 25.8 Å². The highest BCUT2D eigenvalue weighted by atomic mass is 19.1. The van der Waals surface area contributed by atoms with Gasteiger partial charge in [0.1, 0.15) is 41.8 Å². The Morgan fingerprint density at radius 2 is 1.57 bits per heavy atom. The molecule has 1 fully saturated rings. The summed E-state index contributed by atoms with van der Waals surface area (Å²) in [5, 5.41) is 31.9. The molecular formula is C24H23F2N5O4. The topological polar surface area (TPSA) is 140 Å². The van der Waals surface area contributed by atoms with Gasteiger partial charge in [-0.3, -0.25) is 4.57 Å². The van der Waals surface area contributed by atoms with Gasteiger partial charge in [-0.2, -0.15) is 0 Å².